The maximum Gasteiger partial charge on any atom is 0.410 e. The van der Waals surface area contributed by atoms with Gasteiger partial charge in [0.2, 0.25) is 5.91 Å². The molecular weight excluding hydrogens is 336 g/mol. The first-order valence-corrected chi connectivity index (χ1v) is 8.78. The van der Waals surface area contributed by atoms with Crippen LogP contribution in [0.3, 0.4) is 0 Å². The first-order chi connectivity index (χ1) is 12.3. The Morgan fingerprint density at radius 3 is 2.46 bits per heavy atom. The molecule has 1 aromatic rings. The Balaban J connectivity index is 1.99. The van der Waals surface area contributed by atoms with Crippen LogP contribution < -0.4 is 0 Å². The molecule has 0 spiro atoms. The number of aliphatic carboxylic acids is 1. The van der Waals surface area contributed by atoms with E-state index in [0.29, 0.717) is 13.0 Å². The van der Waals surface area contributed by atoms with Crippen LogP contribution in [-0.4, -0.2) is 58.0 Å². The quantitative estimate of drug-likeness (QED) is 0.839. The maximum atomic E-state index is 12.3. The first-order valence-electron chi connectivity index (χ1n) is 8.78. The summed E-state index contributed by atoms with van der Waals surface area (Å²) >= 11 is 0. The number of carboxylic acids is 1. The largest absolute Gasteiger partial charge is 0.480 e. The van der Waals surface area contributed by atoms with Crippen molar-refractivity contribution in [2.45, 2.75) is 45.9 Å². The summed E-state index contributed by atoms with van der Waals surface area (Å²) in [5.74, 6) is -1.55. The lowest BCUT2D eigenvalue weighted by atomic mass is 10.00. The predicted octanol–water partition coefficient (Wildman–Crippen LogP) is 2.36. The molecule has 1 aliphatic rings. The molecule has 0 aliphatic carbocycles. The van der Waals surface area contributed by atoms with Gasteiger partial charge in [0.1, 0.15) is 12.6 Å². The van der Waals surface area contributed by atoms with E-state index in [1.807, 2.05) is 30.3 Å². The number of benzene rings is 1. The lowest BCUT2D eigenvalue weighted by Gasteiger charge is -2.35. The van der Waals surface area contributed by atoms with Crippen LogP contribution in [0.5, 0.6) is 0 Å². The van der Waals surface area contributed by atoms with Gasteiger partial charge in [0, 0.05) is 20.0 Å². The second-order valence-corrected chi connectivity index (χ2v) is 6.88. The Labute approximate surface area is 153 Å². The monoisotopic (exact) mass is 362 g/mol. The summed E-state index contributed by atoms with van der Waals surface area (Å²) < 4.78 is 5.32. The highest BCUT2D eigenvalue weighted by Gasteiger charge is 2.39. The van der Waals surface area contributed by atoms with Gasteiger partial charge in [-0.15, -0.1) is 0 Å². The van der Waals surface area contributed by atoms with Crippen molar-refractivity contribution in [1.82, 2.24) is 9.80 Å². The molecule has 2 rings (SSSR count). The Hall–Kier alpha value is -2.57. The minimum absolute atomic E-state index is 0.182. The molecular formula is C19H26N2O5. The maximum absolute atomic E-state index is 12.3. The average molecular weight is 362 g/mol. The molecule has 1 heterocycles. The van der Waals surface area contributed by atoms with E-state index in [9.17, 15) is 19.5 Å². The second kappa shape index (κ2) is 8.69. The highest BCUT2D eigenvalue weighted by Crippen LogP contribution is 2.23. The van der Waals surface area contributed by atoms with Crippen molar-refractivity contribution >= 4 is 18.0 Å². The predicted molar refractivity (Wildman–Crippen MR) is 95.4 cm³/mol. The van der Waals surface area contributed by atoms with Crippen molar-refractivity contribution in [2.75, 3.05) is 13.1 Å². The number of amides is 2. The zero-order chi connectivity index (χ0) is 19.3. The van der Waals surface area contributed by atoms with Crippen LogP contribution in [0, 0.1) is 5.92 Å². The molecule has 7 heteroatoms. The number of nitrogens with zero attached hydrogens (tertiary/aromatic N) is 2. The number of hydrogen-bond acceptors (Lipinski definition) is 4. The molecule has 2 atom stereocenters. The summed E-state index contributed by atoms with van der Waals surface area (Å²) in [6.07, 6.45) is 0.0903. The highest BCUT2D eigenvalue weighted by molar-refractivity contribution is 5.83. The molecule has 0 aromatic heterocycles. The van der Waals surface area contributed by atoms with E-state index in [1.165, 1.54) is 16.7 Å². The van der Waals surface area contributed by atoms with E-state index >= 15 is 0 Å². The number of rotatable bonds is 6. The van der Waals surface area contributed by atoms with Gasteiger partial charge in [0.05, 0.1) is 6.04 Å². The van der Waals surface area contributed by atoms with Crippen molar-refractivity contribution in [3.8, 4) is 0 Å². The number of carbonyl (C=O) groups is 3. The molecule has 1 aliphatic heterocycles. The zero-order valence-electron chi connectivity index (χ0n) is 15.4. The van der Waals surface area contributed by atoms with E-state index in [-0.39, 0.29) is 31.0 Å². The standard InChI is InChI=1S/C19H26N2O5/c1-13(2)17(18(23)24)21(14(3)22)16-9-10-20(11-16)19(25)26-12-15-7-5-4-6-8-15/h4-8,13,16-17H,9-12H2,1-3H3,(H,23,24). The minimum atomic E-state index is -1.03. The average Bonchev–Trinajstić information content (AvgIpc) is 3.06. The molecule has 0 saturated carbocycles. The van der Waals surface area contributed by atoms with Gasteiger partial charge in [-0.05, 0) is 17.9 Å². The lowest BCUT2D eigenvalue weighted by Crippen LogP contribution is -2.53. The topological polar surface area (TPSA) is 87.2 Å². The molecule has 2 amide bonds. The van der Waals surface area contributed by atoms with E-state index in [2.05, 4.69) is 0 Å². The normalized spacial score (nSPS) is 17.8. The number of hydrogen-bond donors (Lipinski definition) is 1. The van der Waals surface area contributed by atoms with Crippen molar-refractivity contribution in [3.05, 3.63) is 35.9 Å². The van der Waals surface area contributed by atoms with Crippen LogP contribution in [0.4, 0.5) is 4.79 Å². The number of carboxylic acid groups (broad SMARTS) is 1. The molecule has 1 saturated heterocycles. The van der Waals surface area contributed by atoms with Crippen LogP contribution in [0.1, 0.15) is 32.8 Å². The fourth-order valence-electron chi connectivity index (χ4n) is 3.35. The van der Waals surface area contributed by atoms with Crippen molar-refractivity contribution in [2.24, 2.45) is 5.92 Å². The Morgan fingerprint density at radius 2 is 1.92 bits per heavy atom. The number of ether oxygens (including phenoxy) is 1. The summed E-state index contributed by atoms with van der Waals surface area (Å²) in [4.78, 5) is 38.9. The van der Waals surface area contributed by atoms with Gasteiger partial charge in [-0.25, -0.2) is 9.59 Å². The smallest absolute Gasteiger partial charge is 0.410 e. The molecule has 1 aromatic carbocycles. The molecule has 26 heavy (non-hydrogen) atoms. The molecule has 1 N–H and O–H groups in total. The summed E-state index contributed by atoms with van der Waals surface area (Å²) in [6.45, 7) is 5.82. The fourth-order valence-corrected chi connectivity index (χ4v) is 3.35. The SMILES string of the molecule is CC(=O)N(C1CCN(C(=O)OCc2ccccc2)C1)C(C(=O)O)C(C)C. The minimum Gasteiger partial charge on any atom is -0.480 e. The Morgan fingerprint density at radius 1 is 1.27 bits per heavy atom. The van der Waals surface area contributed by atoms with Gasteiger partial charge in [-0.2, -0.15) is 0 Å². The van der Waals surface area contributed by atoms with Gasteiger partial charge in [0.25, 0.3) is 0 Å². The van der Waals surface area contributed by atoms with E-state index in [4.69, 9.17) is 4.74 Å². The van der Waals surface area contributed by atoms with Crippen LogP contribution in [0.15, 0.2) is 30.3 Å². The van der Waals surface area contributed by atoms with Crippen molar-refractivity contribution in [1.29, 1.82) is 0 Å². The third kappa shape index (κ3) is 4.74. The summed E-state index contributed by atoms with van der Waals surface area (Å²) in [7, 11) is 0. The third-order valence-corrected chi connectivity index (χ3v) is 4.57. The molecule has 0 radical (unpaired) electrons. The molecule has 0 bridgehead atoms. The first kappa shape index (κ1) is 19.8. The van der Waals surface area contributed by atoms with Gasteiger partial charge >= 0.3 is 12.1 Å². The van der Waals surface area contributed by atoms with Crippen LogP contribution >= 0.6 is 0 Å². The summed E-state index contributed by atoms with van der Waals surface area (Å²) in [6, 6.07) is 8.16. The Bertz CT molecular complexity index is 647. The molecule has 7 nitrogen and oxygen atoms in total. The van der Waals surface area contributed by atoms with Gasteiger partial charge in [0.15, 0.2) is 0 Å². The van der Waals surface area contributed by atoms with Crippen molar-refractivity contribution in [3.63, 3.8) is 0 Å². The molecule has 2 unspecified atom stereocenters. The third-order valence-electron chi connectivity index (χ3n) is 4.57. The second-order valence-electron chi connectivity index (χ2n) is 6.88. The summed E-state index contributed by atoms with van der Waals surface area (Å²) in [5, 5.41) is 9.51. The zero-order valence-corrected chi connectivity index (χ0v) is 15.4. The lowest BCUT2D eigenvalue weighted by molar-refractivity contribution is -0.153. The van der Waals surface area contributed by atoms with E-state index < -0.39 is 18.1 Å². The van der Waals surface area contributed by atoms with Gasteiger partial charge < -0.3 is 19.6 Å². The summed E-state index contributed by atoms with van der Waals surface area (Å²) in [5.41, 5.74) is 0.896. The molecule has 142 valence electrons. The van der Waals surface area contributed by atoms with E-state index in [1.54, 1.807) is 13.8 Å². The van der Waals surface area contributed by atoms with Crippen molar-refractivity contribution < 1.29 is 24.2 Å². The van der Waals surface area contributed by atoms with E-state index in [0.717, 1.165) is 5.56 Å². The van der Waals surface area contributed by atoms with Crippen LogP contribution in [0.2, 0.25) is 0 Å². The number of carbonyl (C=O) groups excluding carboxylic acids is 2. The van der Waals surface area contributed by atoms with Crippen LogP contribution in [-0.2, 0) is 20.9 Å². The van der Waals surface area contributed by atoms with Crippen LogP contribution in [0.25, 0.3) is 0 Å². The highest BCUT2D eigenvalue weighted by atomic mass is 16.6. The molecule has 1 fully saturated rings. The fraction of sp³-hybridized carbons (Fsp3) is 0.526. The Kier molecular flexibility index (Phi) is 6.60. The van der Waals surface area contributed by atoms with Gasteiger partial charge in [-0.1, -0.05) is 44.2 Å². The van der Waals surface area contributed by atoms with Gasteiger partial charge in [-0.3, -0.25) is 4.79 Å². The number of likely N-dealkylation sites (tertiary alicyclic amines) is 1.